The third kappa shape index (κ3) is 1.94. The van der Waals surface area contributed by atoms with E-state index in [2.05, 4.69) is 23.4 Å². The Labute approximate surface area is 115 Å². The molecule has 0 spiro atoms. The van der Waals surface area contributed by atoms with Crippen LogP contribution in [0.4, 0.5) is 0 Å². The second-order valence-corrected chi connectivity index (χ2v) is 7.26. The maximum absolute atomic E-state index is 4.69. The van der Waals surface area contributed by atoms with Crippen LogP contribution in [-0.2, 0) is 12.0 Å². The van der Waals surface area contributed by atoms with E-state index in [-0.39, 0.29) is 0 Å². The summed E-state index contributed by atoms with van der Waals surface area (Å²) in [5, 5.41) is 11.3. The lowest BCUT2D eigenvalue weighted by Gasteiger charge is -2.56. The Morgan fingerprint density at radius 1 is 1.21 bits per heavy atom. The van der Waals surface area contributed by atoms with Gasteiger partial charge in [-0.15, -0.1) is 0 Å². The number of nitrogens with one attached hydrogen (secondary N) is 2. The second kappa shape index (κ2) is 4.34. The lowest BCUT2D eigenvalue weighted by Crippen LogP contribution is -2.48. The Bertz CT molecular complexity index is 427. The van der Waals surface area contributed by atoms with E-state index in [1.807, 2.05) is 0 Å². The van der Waals surface area contributed by atoms with E-state index in [0.717, 1.165) is 30.8 Å². The fraction of sp³-hybridized carbons (Fsp3) is 0.812. The Hall–Kier alpha value is -0.830. The van der Waals surface area contributed by atoms with Crippen LogP contribution in [0.1, 0.15) is 56.8 Å². The molecule has 0 radical (unpaired) electrons. The molecule has 3 heteroatoms. The van der Waals surface area contributed by atoms with Crippen molar-refractivity contribution in [3.63, 3.8) is 0 Å². The molecule has 1 heterocycles. The van der Waals surface area contributed by atoms with E-state index in [1.165, 1.54) is 49.9 Å². The number of hydrogen-bond donors (Lipinski definition) is 2. The zero-order valence-corrected chi connectivity index (χ0v) is 11.9. The number of rotatable bonds is 4. The van der Waals surface area contributed by atoms with E-state index in [0.29, 0.717) is 5.41 Å². The van der Waals surface area contributed by atoms with Crippen LogP contribution in [0.3, 0.4) is 0 Å². The minimum absolute atomic E-state index is 0.440. The van der Waals surface area contributed by atoms with Crippen LogP contribution in [0.25, 0.3) is 0 Å². The zero-order chi connectivity index (χ0) is 12.9. The number of nitrogens with zero attached hydrogens (tertiary/aromatic N) is 1. The molecule has 0 atom stereocenters. The molecule has 19 heavy (non-hydrogen) atoms. The highest BCUT2D eigenvalue weighted by molar-refractivity contribution is 5.24. The molecule has 4 fully saturated rings. The van der Waals surface area contributed by atoms with Gasteiger partial charge in [0, 0.05) is 17.7 Å². The largest absolute Gasteiger partial charge is 0.311 e. The standard InChI is InChI=1S/C16H25N3/c1-2-17-10-14-6-15(19-18-14)16-7-11-3-12(8-16)5-13(4-11)9-16/h6,11-13,17H,2-5,7-10H2,1H3,(H,18,19). The van der Waals surface area contributed by atoms with Gasteiger partial charge in [0.1, 0.15) is 0 Å². The van der Waals surface area contributed by atoms with Gasteiger partial charge in [-0.2, -0.15) is 5.10 Å². The van der Waals surface area contributed by atoms with E-state index in [1.54, 1.807) is 0 Å². The summed E-state index contributed by atoms with van der Waals surface area (Å²) in [6.07, 6.45) is 8.75. The van der Waals surface area contributed by atoms with Crippen LogP contribution < -0.4 is 5.32 Å². The molecule has 0 aliphatic heterocycles. The van der Waals surface area contributed by atoms with Crippen molar-refractivity contribution in [1.29, 1.82) is 0 Å². The van der Waals surface area contributed by atoms with Crippen LogP contribution in [-0.4, -0.2) is 16.7 Å². The summed E-state index contributed by atoms with van der Waals surface area (Å²) in [6.45, 7) is 4.10. The Morgan fingerprint density at radius 2 is 1.84 bits per heavy atom. The predicted octanol–water partition coefficient (Wildman–Crippen LogP) is 2.99. The first kappa shape index (κ1) is 12.0. The molecule has 4 bridgehead atoms. The normalized spacial score (nSPS) is 39.9. The van der Waals surface area contributed by atoms with Crippen molar-refractivity contribution in [1.82, 2.24) is 15.5 Å². The highest BCUT2D eigenvalue weighted by Crippen LogP contribution is 2.60. The molecule has 4 saturated carbocycles. The van der Waals surface area contributed by atoms with E-state index in [9.17, 15) is 0 Å². The molecule has 0 aromatic carbocycles. The predicted molar refractivity (Wildman–Crippen MR) is 75.8 cm³/mol. The second-order valence-electron chi connectivity index (χ2n) is 7.26. The average Bonchev–Trinajstić information content (AvgIpc) is 2.84. The van der Waals surface area contributed by atoms with E-state index >= 15 is 0 Å². The van der Waals surface area contributed by atoms with Gasteiger partial charge in [0.2, 0.25) is 0 Å². The van der Waals surface area contributed by atoms with Crippen LogP contribution >= 0.6 is 0 Å². The van der Waals surface area contributed by atoms with Crippen molar-refractivity contribution in [2.75, 3.05) is 6.54 Å². The highest BCUT2D eigenvalue weighted by atomic mass is 15.1. The van der Waals surface area contributed by atoms with Crippen molar-refractivity contribution < 1.29 is 0 Å². The number of aromatic nitrogens is 2. The lowest BCUT2D eigenvalue weighted by molar-refractivity contribution is -0.00722. The summed E-state index contributed by atoms with van der Waals surface area (Å²) in [5.74, 6) is 3.00. The fourth-order valence-corrected chi connectivity index (χ4v) is 5.41. The SMILES string of the molecule is CCNCc1cc(C23CC4CC(CC(C4)C2)C3)n[nH]1. The smallest absolute Gasteiger partial charge is 0.0687 e. The van der Waals surface area contributed by atoms with Crippen molar-refractivity contribution in [2.24, 2.45) is 17.8 Å². The summed E-state index contributed by atoms with van der Waals surface area (Å²) in [7, 11) is 0. The minimum atomic E-state index is 0.440. The van der Waals surface area contributed by atoms with Crippen LogP contribution in [0.2, 0.25) is 0 Å². The summed E-state index contributed by atoms with van der Waals surface area (Å²) in [5.41, 5.74) is 3.07. The van der Waals surface area contributed by atoms with Gasteiger partial charge in [-0.25, -0.2) is 0 Å². The van der Waals surface area contributed by atoms with Gasteiger partial charge >= 0.3 is 0 Å². The van der Waals surface area contributed by atoms with Crippen LogP contribution in [0.5, 0.6) is 0 Å². The van der Waals surface area contributed by atoms with Crippen molar-refractivity contribution in [2.45, 2.75) is 57.4 Å². The maximum Gasteiger partial charge on any atom is 0.0687 e. The molecule has 3 nitrogen and oxygen atoms in total. The number of H-pyrrole nitrogens is 1. The Balaban J connectivity index is 1.59. The Kier molecular flexibility index (Phi) is 2.73. The van der Waals surface area contributed by atoms with Gasteiger partial charge in [0.05, 0.1) is 5.69 Å². The van der Waals surface area contributed by atoms with Crippen molar-refractivity contribution in [3.05, 3.63) is 17.5 Å². The molecule has 0 saturated heterocycles. The fourth-order valence-electron chi connectivity index (χ4n) is 5.41. The molecule has 4 aliphatic rings. The number of aromatic amines is 1. The van der Waals surface area contributed by atoms with Gasteiger partial charge < -0.3 is 5.32 Å². The molecule has 4 aliphatic carbocycles. The quantitative estimate of drug-likeness (QED) is 0.872. The first-order valence-corrected chi connectivity index (χ1v) is 8.03. The molecule has 5 rings (SSSR count). The molecule has 2 N–H and O–H groups in total. The molecule has 104 valence electrons. The third-order valence-corrected chi connectivity index (χ3v) is 5.78. The topological polar surface area (TPSA) is 40.7 Å². The first-order valence-electron chi connectivity index (χ1n) is 8.03. The third-order valence-electron chi connectivity index (χ3n) is 5.78. The summed E-state index contributed by atoms with van der Waals surface area (Å²) >= 11 is 0. The number of hydrogen-bond acceptors (Lipinski definition) is 2. The van der Waals surface area contributed by atoms with Crippen LogP contribution in [0.15, 0.2) is 6.07 Å². The average molecular weight is 259 g/mol. The monoisotopic (exact) mass is 259 g/mol. The summed E-state index contributed by atoms with van der Waals surface area (Å²) in [6, 6.07) is 2.34. The first-order chi connectivity index (χ1) is 9.27. The maximum atomic E-state index is 4.69. The molecular weight excluding hydrogens is 234 g/mol. The van der Waals surface area contributed by atoms with Gasteiger partial charge in [-0.1, -0.05) is 6.92 Å². The minimum Gasteiger partial charge on any atom is -0.311 e. The van der Waals surface area contributed by atoms with E-state index in [4.69, 9.17) is 5.10 Å². The molecule has 0 unspecified atom stereocenters. The molecule has 1 aromatic heterocycles. The van der Waals surface area contributed by atoms with Crippen molar-refractivity contribution >= 4 is 0 Å². The Morgan fingerprint density at radius 3 is 2.42 bits per heavy atom. The highest BCUT2D eigenvalue weighted by Gasteiger charge is 2.52. The lowest BCUT2D eigenvalue weighted by atomic mass is 9.49. The van der Waals surface area contributed by atoms with Crippen LogP contribution in [0, 0.1) is 17.8 Å². The van der Waals surface area contributed by atoms with Gasteiger partial charge in [0.25, 0.3) is 0 Å². The summed E-state index contributed by atoms with van der Waals surface area (Å²) in [4.78, 5) is 0. The zero-order valence-electron chi connectivity index (χ0n) is 11.9. The molecule has 0 amide bonds. The van der Waals surface area contributed by atoms with Crippen molar-refractivity contribution in [3.8, 4) is 0 Å². The van der Waals surface area contributed by atoms with Gasteiger partial charge in [0.15, 0.2) is 0 Å². The molecular formula is C16H25N3. The summed E-state index contributed by atoms with van der Waals surface area (Å²) < 4.78 is 0. The van der Waals surface area contributed by atoms with E-state index < -0.39 is 0 Å². The van der Waals surface area contributed by atoms with Gasteiger partial charge in [-0.3, -0.25) is 5.10 Å². The molecule has 1 aromatic rings. The van der Waals surface area contributed by atoms with Gasteiger partial charge in [-0.05, 0) is 68.9 Å².